The molecule has 0 radical (unpaired) electrons. The van der Waals surface area contributed by atoms with Crippen molar-refractivity contribution >= 4 is 18.1 Å². The van der Waals surface area contributed by atoms with Crippen LogP contribution in [0.25, 0.3) is 11.5 Å². The predicted molar refractivity (Wildman–Crippen MR) is 88.6 cm³/mol. The minimum absolute atomic E-state index is 0. The van der Waals surface area contributed by atoms with E-state index in [1.165, 1.54) is 0 Å². The fourth-order valence-corrected chi connectivity index (χ4v) is 2.97. The zero-order chi connectivity index (χ0) is 18.2. The molecule has 0 atom stereocenters. The van der Waals surface area contributed by atoms with Gasteiger partial charge in [-0.1, -0.05) is 0 Å². The van der Waals surface area contributed by atoms with Crippen molar-refractivity contribution in [1.29, 1.82) is 0 Å². The summed E-state index contributed by atoms with van der Waals surface area (Å²) in [5.74, 6) is -2.64. The lowest BCUT2D eigenvalue weighted by molar-refractivity contribution is -0.139. The Morgan fingerprint density at radius 1 is 1.23 bits per heavy atom. The van der Waals surface area contributed by atoms with E-state index in [-0.39, 0.29) is 35.9 Å². The molecule has 0 unspecified atom stereocenters. The number of benzene rings is 1. The molecular weight excluding hydrogens is 380 g/mol. The molecule has 144 valence electrons. The van der Waals surface area contributed by atoms with Crippen molar-refractivity contribution in [2.45, 2.75) is 43.9 Å². The van der Waals surface area contributed by atoms with Crippen molar-refractivity contribution in [1.82, 2.24) is 10.2 Å². The van der Waals surface area contributed by atoms with Crippen LogP contribution in [0.3, 0.4) is 0 Å². The molecule has 3 rings (SSSR count). The monoisotopic (exact) mass is 396 g/mol. The van der Waals surface area contributed by atoms with Crippen LogP contribution in [0.15, 0.2) is 21.3 Å². The first-order valence-electron chi connectivity index (χ1n) is 7.73. The van der Waals surface area contributed by atoms with Gasteiger partial charge in [0.25, 0.3) is 0 Å². The number of alkyl halides is 3. The Balaban J connectivity index is 0.00000243. The van der Waals surface area contributed by atoms with Gasteiger partial charge in [-0.3, -0.25) is 0 Å². The lowest BCUT2D eigenvalue weighted by Crippen LogP contribution is -2.33. The Bertz CT molecular complexity index is 813. The zero-order valence-corrected chi connectivity index (χ0v) is 14.2. The first-order valence-corrected chi connectivity index (χ1v) is 7.73. The maximum Gasteiger partial charge on any atom is 0.434 e. The van der Waals surface area contributed by atoms with Gasteiger partial charge in [0.2, 0.25) is 5.89 Å². The van der Waals surface area contributed by atoms with E-state index in [9.17, 15) is 22.4 Å². The van der Waals surface area contributed by atoms with E-state index in [4.69, 9.17) is 10.2 Å². The van der Waals surface area contributed by atoms with E-state index < -0.39 is 29.0 Å². The van der Waals surface area contributed by atoms with E-state index >= 15 is 0 Å². The van der Waals surface area contributed by atoms with E-state index in [2.05, 4.69) is 10.4 Å². The molecule has 1 aliphatic rings. The number of anilines is 1. The highest BCUT2D eigenvalue weighted by Crippen LogP contribution is 2.40. The summed E-state index contributed by atoms with van der Waals surface area (Å²) in [5, 5.41) is 8.27. The Labute approximate surface area is 151 Å². The van der Waals surface area contributed by atoms with Crippen molar-refractivity contribution in [3.05, 3.63) is 34.1 Å². The van der Waals surface area contributed by atoms with Gasteiger partial charge in [-0.15, -0.1) is 17.5 Å². The number of aromatic nitrogens is 2. The average molecular weight is 397 g/mol. The maximum atomic E-state index is 14.2. The second-order valence-electron chi connectivity index (χ2n) is 6.05. The summed E-state index contributed by atoms with van der Waals surface area (Å²) in [6.07, 6.45) is -2.35. The molecule has 0 amide bonds. The van der Waals surface area contributed by atoms with E-state index in [1.54, 1.807) is 0 Å². The lowest BCUT2D eigenvalue weighted by Gasteiger charge is -2.29. The van der Waals surface area contributed by atoms with Crippen LogP contribution in [-0.4, -0.2) is 22.3 Å². The van der Waals surface area contributed by atoms with Gasteiger partial charge < -0.3 is 15.5 Å². The van der Waals surface area contributed by atoms with Crippen LogP contribution >= 0.6 is 12.4 Å². The zero-order valence-electron chi connectivity index (χ0n) is 13.4. The molecule has 6 nitrogen and oxygen atoms in total. The first kappa shape index (κ1) is 20.2. The Morgan fingerprint density at radius 3 is 2.42 bits per heavy atom. The molecule has 1 aromatic heterocycles. The van der Waals surface area contributed by atoms with Gasteiger partial charge in [-0.05, 0) is 37.8 Å². The van der Waals surface area contributed by atoms with Crippen molar-refractivity contribution in [3.8, 4) is 11.5 Å². The molecular formula is C15H17ClF4N4O2. The highest BCUT2D eigenvalue weighted by Gasteiger charge is 2.38. The summed E-state index contributed by atoms with van der Waals surface area (Å²) in [6, 6.07) is 1.51. The van der Waals surface area contributed by atoms with Crippen LogP contribution in [0.2, 0.25) is 0 Å². The lowest BCUT2D eigenvalue weighted by atomic mass is 9.91. The summed E-state index contributed by atoms with van der Waals surface area (Å²) in [7, 11) is 0. The van der Waals surface area contributed by atoms with Crippen molar-refractivity contribution in [2.75, 3.05) is 5.32 Å². The predicted octanol–water partition coefficient (Wildman–Crippen LogP) is 3.29. The van der Waals surface area contributed by atoms with Gasteiger partial charge >= 0.3 is 11.9 Å². The molecule has 0 saturated heterocycles. The minimum Gasteiger partial charge on any atom is -0.388 e. The number of hydrogen-bond acceptors (Lipinski definition) is 5. The van der Waals surface area contributed by atoms with Crippen molar-refractivity contribution in [2.24, 2.45) is 5.73 Å². The molecule has 2 aromatic rings. The molecule has 1 fully saturated rings. The van der Waals surface area contributed by atoms with Crippen LogP contribution in [0.5, 0.6) is 0 Å². The van der Waals surface area contributed by atoms with Gasteiger partial charge in [0.05, 0.1) is 5.69 Å². The van der Waals surface area contributed by atoms with E-state index in [0.717, 1.165) is 6.07 Å². The number of nitrogens with two attached hydrogens (primary N) is 1. The Morgan fingerprint density at radius 2 is 1.88 bits per heavy atom. The molecule has 26 heavy (non-hydrogen) atoms. The van der Waals surface area contributed by atoms with Gasteiger partial charge in [-0.2, -0.15) is 13.2 Å². The smallest absolute Gasteiger partial charge is 0.388 e. The first-order chi connectivity index (χ1) is 11.7. The average Bonchev–Trinajstić information content (AvgIpc) is 2.94. The number of halogens is 5. The van der Waals surface area contributed by atoms with Crippen LogP contribution in [0.1, 0.15) is 31.2 Å². The molecule has 1 heterocycles. The summed E-state index contributed by atoms with van der Waals surface area (Å²) in [6.45, 7) is 0. The number of H-pyrrole nitrogens is 1. The molecule has 1 aromatic carbocycles. The summed E-state index contributed by atoms with van der Waals surface area (Å²) in [5.41, 5.74) is 3.93. The van der Waals surface area contributed by atoms with Crippen LogP contribution in [-0.2, 0) is 6.18 Å². The third kappa shape index (κ3) is 4.36. The minimum atomic E-state index is -4.87. The highest BCUT2D eigenvalue weighted by molar-refractivity contribution is 5.85. The van der Waals surface area contributed by atoms with Gasteiger partial charge in [0.15, 0.2) is 0 Å². The van der Waals surface area contributed by atoms with Crippen LogP contribution < -0.4 is 16.8 Å². The highest BCUT2D eigenvalue weighted by atomic mass is 35.5. The molecule has 1 aliphatic carbocycles. The number of aromatic amines is 1. The van der Waals surface area contributed by atoms with Gasteiger partial charge in [0, 0.05) is 17.6 Å². The third-order valence-electron chi connectivity index (χ3n) is 4.19. The maximum absolute atomic E-state index is 14.2. The molecule has 11 heteroatoms. The third-order valence-corrected chi connectivity index (χ3v) is 4.19. The molecule has 0 bridgehead atoms. The van der Waals surface area contributed by atoms with Gasteiger partial charge in [-0.25, -0.2) is 14.3 Å². The van der Waals surface area contributed by atoms with E-state index in [1.807, 2.05) is 5.10 Å². The summed E-state index contributed by atoms with van der Waals surface area (Å²) >= 11 is 0. The molecule has 1 saturated carbocycles. The fraction of sp³-hybridized carbons (Fsp3) is 0.467. The number of rotatable bonds is 3. The molecule has 0 spiro atoms. The number of nitrogens with one attached hydrogen (secondary N) is 2. The standard InChI is InChI=1S/C15H16F4N4O2.ClH/c16-10-5-7(13-22-23-14(24)25-13)6-11(12(10)15(17,18)19)21-9-3-1-8(20)2-4-9;/h5-6,8-9,21H,1-4,20H2,(H,23,24);1H. The van der Waals surface area contributed by atoms with Crippen LogP contribution in [0, 0.1) is 5.82 Å². The fourth-order valence-electron chi connectivity index (χ4n) is 2.97. The summed E-state index contributed by atoms with van der Waals surface area (Å²) < 4.78 is 58.7. The Kier molecular flexibility index (Phi) is 5.97. The topological polar surface area (TPSA) is 96.9 Å². The number of hydrogen-bond donors (Lipinski definition) is 3. The SMILES string of the molecule is Cl.NC1CCC(Nc2cc(-c3n[nH]c(=O)o3)cc(F)c2C(F)(F)F)CC1. The molecule has 0 aliphatic heterocycles. The van der Waals surface area contributed by atoms with Crippen molar-refractivity contribution in [3.63, 3.8) is 0 Å². The normalized spacial score (nSPS) is 20.5. The Hall–Kier alpha value is -2.07. The quantitative estimate of drug-likeness (QED) is 0.692. The second-order valence-corrected chi connectivity index (χ2v) is 6.05. The summed E-state index contributed by atoms with van der Waals surface area (Å²) in [4.78, 5) is 11.0. The molecule has 4 N–H and O–H groups in total. The second kappa shape index (κ2) is 7.67. The largest absolute Gasteiger partial charge is 0.434 e. The van der Waals surface area contributed by atoms with Gasteiger partial charge in [0.1, 0.15) is 11.4 Å². The number of nitrogens with zero attached hydrogens (tertiary/aromatic N) is 1. The van der Waals surface area contributed by atoms with Crippen LogP contribution in [0.4, 0.5) is 23.2 Å². The van der Waals surface area contributed by atoms with E-state index in [0.29, 0.717) is 31.7 Å². The van der Waals surface area contributed by atoms with Crippen molar-refractivity contribution < 1.29 is 22.0 Å².